The maximum atomic E-state index is 4.98. The molecule has 0 spiro atoms. The smallest absolute Gasteiger partial charge is 0.164 e. The van der Waals surface area contributed by atoms with Gasteiger partial charge in [0.2, 0.25) is 0 Å². The lowest BCUT2D eigenvalue weighted by atomic mass is 9.97. The molecule has 174 valence electrons. The van der Waals surface area contributed by atoms with Crippen LogP contribution >= 0.6 is 11.3 Å². The summed E-state index contributed by atoms with van der Waals surface area (Å²) in [5.74, 6) is 2.01. The average molecular weight is 492 g/mol. The van der Waals surface area contributed by atoms with Gasteiger partial charge in [0.05, 0.1) is 0 Å². The van der Waals surface area contributed by atoms with Crippen molar-refractivity contribution in [3.63, 3.8) is 0 Å². The highest BCUT2D eigenvalue weighted by Crippen LogP contribution is 2.42. The molecule has 4 heteroatoms. The molecule has 0 aliphatic rings. The molecule has 0 bridgehead atoms. The number of rotatable bonds is 4. The molecular formula is C33H21N3S. The molecule has 3 nitrogen and oxygen atoms in total. The Morgan fingerprint density at radius 1 is 0.405 bits per heavy atom. The van der Waals surface area contributed by atoms with E-state index in [1.165, 1.54) is 31.3 Å². The van der Waals surface area contributed by atoms with Gasteiger partial charge in [-0.05, 0) is 29.3 Å². The van der Waals surface area contributed by atoms with Gasteiger partial charge in [-0.1, -0.05) is 109 Å². The number of hydrogen-bond donors (Lipinski definition) is 0. The molecule has 0 unspecified atom stereocenters. The van der Waals surface area contributed by atoms with Crippen molar-refractivity contribution < 1.29 is 0 Å². The van der Waals surface area contributed by atoms with E-state index in [0.717, 1.165) is 16.7 Å². The summed E-state index contributed by atoms with van der Waals surface area (Å²) in [6.07, 6.45) is 0. The fourth-order valence-electron chi connectivity index (χ4n) is 4.77. The number of hydrogen-bond acceptors (Lipinski definition) is 4. The Balaban J connectivity index is 1.51. The van der Waals surface area contributed by atoms with Gasteiger partial charge in [0.1, 0.15) is 0 Å². The second-order valence-electron chi connectivity index (χ2n) is 8.90. The molecule has 0 aliphatic carbocycles. The molecule has 2 aromatic heterocycles. The van der Waals surface area contributed by atoms with E-state index in [-0.39, 0.29) is 0 Å². The van der Waals surface area contributed by atoms with Gasteiger partial charge in [-0.3, -0.25) is 0 Å². The van der Waals surface area contributed by atoms with Crippen molar-refractivity contribution in [2.24, 2.45) is 0 Å². The van der Waals surface area contributed by atoms with Gasteiger partial charge in [-0.2, -0.15) is 0 Å². The SMILES string of the molecule is c1ccc(-c2nc(-c3ccccc3)nc(-c3cc(-c4ccccc4)c4c(c3)sc3ccccc34)n2)cc1. The van der Waals surface area contributed by atoms with Crippen LogP contribution in [0, 0.1) is 0 Å². The minimum Gasteiger partial charge on any atom is -0.208 e. The maximum Gasteiger partial charge on any atom is 0.164 e. The Kier molecular flexibility index (Phi) is 5.30. The fraction of sp³-hybridized carbons (Fsp3) is 0. The lowest BCUT2D eigenvalue weighted by molar-refractivity contribution is 1.07. The Morgan fingerprint density at radius 3 is 1.49 bits per heavy atom. The van der Waals surface area contributed by atoms with Crippen molar-refractivity contribution in [1.29, 1.82) is 0 Å². The first-order chi connectivity index (χ1) is 18.3. The van der Waals surface area contributed by atoms with Crippen LogP contribution in [0.15, 0.2) is 127 Å². The van der Waals surface area contributed by atoms with Gasteiger partial charge in [0.15, 0.2) is 17.5 Å². The van der Waals surface area contributed by atoms with Crippen LogP contribution < -0.4 is 0 Å². The summed E-state index contributed by atoms with van der Waals surface area (Å²) in [7, 11) is 0. The minimum absolute atomic E-state index is 0.669. The van der Waals surface area contributed by atoms with Crippen molar-refractivity contribution in [3.8, 4) is 45.3 Å². The Bertz CT molecular complexity index is 1800. The molecule has 0 saturated carbocycles. The first-order valence-corrected chi connectivity index (χ1v) is 13.0. The monoisotopic (exact) mass is 491 g/mol. The Morgan fingerprint density at radius 2 is 0.892 bits per heavy atom. The van der Waals surface area contributed by atoms with E-state index in [1.807, 2.05) is 72.0 Å². The van der Waals surface area contributed by atoms with Crippen molar-refractivity contribution in [1.82, 2.24) is 15.0 Å². The van der Waals surface area contributed by atoms with Crippen LogP contribution in [-0.4, -0.2) is 15.0 Å². The largest absolute Gasteiger partial charge is 0.208 e. The van der Waals surface area contributed by atoms with E-state index >= 15 is 0 Å². The number of benzene rings is 5. The summed E-state index contributed by atoms with van der Waals surface area (Å²) < 4.78 is 2.50. The van der Waals surface area contributed by atoms with Gasteiger partial charge in [0.25, 0.3) is 0 Å². The normalized spacial score (nSPS) is 11.2. The summed E-state index contributed by atoms with van der Waals surface area (Å²) in [6, 6.07) is 43.9. The third kappa shape index (κ3) is 3.98. The summed E-state index contributed by atoms with van der Waals surface area (Å²) in [5.41, 5.74) is 5.28. The van der Waals surface area contributed by atoms with Crippen molar-refractivity contribution >= 4 is 31.5 Å². The molecule has 0 amide bonds. The van der Waals surface area contributed by atoms with Crippen molar-refractivity contribution in [2.75, 3.05) is 0 Å². The molecule has 0 radical (unpaired) electrons. The summed E-state index contributed by atoms with van der Waals surface area (Å²) >= 11 is 1.81. The van der Waals surface area contributed by atoms with Gasteiger partial charge >= 0.3 is 0 Å². The van der Waals surface area contributed by atoms with Crippen LogP contribution in [-0.2, 0) is 0 Å². The molecule has 5 aromatic carbocycles. The Labute approximate surface area is 218 Å². The molecule has 0 aliphatic heterocycles. The zero-order valence-electron chi connectivity index (χ0n) is 19.9. The first-order valence-electron chi connectivity index (χ1n) is 12.2. The van der Waals surface area contributed by atoms with E-state index in [4.69, 9.17) is 15.0 Å². The standard InChI is InChI=1S/C33H21N3S/c1-4-12-22(13-5-1)27-20-25(21-29-30(27)26-18-10-11-19-28(26)37-29)33-35-31(23-14-6-2-7-15-23)34-32(36-33)24-16-8-3-9-17-24/h1-21H. The van der Waals surface area contributed by atoms with E-state index < -0.39 is 0 Å². The molecular weight excluding hydrogens is 470 g/mol. The topological polar surface area (TPSA) is 38.7 Å². The molecule has 0 atom stereocenters. The minimum atomic E-state index is 0.669. The highest BCUT2D eigenvalue weighted by atomic mass is 32.1. The van der Waals surface area contributed by atoms with Crippen LogP contribution in [0.3, 0.4) is 0 Å². The summed E-state index contributed by atoms with van der Waals surface area (Å²) in [4.78, 5) is 14.8. The number of aromatic nitrogens is 3. The maximum absolute atomic E-state index is 4.98. The molecule has 0 N–H and O–H groups in total. The summed E-state index contributed by atoms with van der Waals surface area (Å²) in [5, 5.41) is 2.55. The van der Waals surface area contributed by atoms with Crippen molar-refractivity contribution in [3.05, 3.63) is 127 Å². The second kappa shape index (κ2) is 9.08. The molecule has 2 heterocycles. The van der Waals surface area contributed by atoms with Gasteiger partial charge < -0.3 is 0 Å². The van der Waals surface area contributed by atoms with E-state index in [9.17, 15) is 0 Å². The number of fused-ring (bicyclic) bond motifs is 3. The molecule has 0 fully saturated rings. The summed E-state index contributed by atoms with van der Waals surface area (Å²) in [6.45, 7) is 0. The van der Waals surface area contributed by atoms with Crippen LogP contribution in [0.5, 0.6) is 0 Å². The van der Waals surface area contributed by atoms with E-state index in [1.54, 1.807) is 0 Å². The average Bonchev–Trinajstić information content (AvgIpc) is 3.36. The third-order valence-corrected chi connectivity index (χ3v) is 7.64. The molecule has 7 aromatic rings. The first kappa shape index (κ1) is 21.6. The quantitative estimate of drug-likeness (QED) is 0.247. The van der Waals surface area contributed by atoms with Gasteiger partial charge in [-0.15, -0.1) is 11.3 Å². The van der Waals surface area contributed by atoms with Gasteiger partial charge in [0, 0.05) is 36.9 Å². The highest BCUT2D eigenvalue weighted by molar-refractivity contribution is 7.26. The number of nitrogens with zero attached hydrogens (tertiary/aromatic N) is 3. The third-order valence-electron chi connectivity index (χ3n) is 6.52. The van der Waals surface area contributed by atoms with E-state index in [2.05, 4.69) is 66.7 Å². The highest BCUT2D eigenvalue weighted by Gasteiger charge is 2.17. The van der Waals surface area contributed by atoms with Crippen LogP contribution in [0.1, 0.15) is 0 Å². The molecule has 7 rings (SSSR count). The predicted octanol–water partition coefficient (Wildman–Crippen LogP) is 8.91. The van der Waals surface area contributed by atoms with Crippen molar-refractivity contribution in [2.45, 2.75) is 0 Å². The molecule has 0 saturated heterocycles. The van der Waals surface area contributed by atoms with Gasteiger partial charge in [-0.25, -0.2) is 15.0 Å². The van der Waals surface area contributed by atoms with E-state index in [0.29, 0.717) is 17.5 Å². The van der Waals surface area contributed by atoms with Crippen LogP contribution in [0.2, 0.25) is 0 Å². The second-order valence-corrected chi connectivity index (χ2v) is 9.98. The fourth-order valence-corrected chi connectivity index (χ4v) is 5.94. The predicted molar refractivity (Wildman–Crippen MR) is 154 cm³/mol. The molecule has 37 heavy (non-hydrogen) atoms. The zero-order valence-corrected chi connectivity index (χ0v) is 20.7. The zero-order chi connectivity index (χ0) is 24.6. The lowest BCUT2D eigenvalue weighted by Crippen LogP contribution is -2.00. The Hall–Kier alpha value is -4.67. The lowest BCUT2D eigenvalue weighted by Gasteiger charge is -2.11. The van der Waals surface area contributed by atoms with Crippen LogP contribution in [0.25, 0.3) is 65.5 Å². The van der Waals surface area contributed by atoms with Crippen LogP contribution in [0.4, 0.5) is 0 Å². The number of thiophene rings is 1.